The number of rotatable bonds is 8. The molecule has 0 saturated carbocycles. The van der Waals surface area contributed by atoms with Gasteiger partial charge in [-0.3, -0.25) is 9.59 Å². The van der Waals surface area contributed by atoms with Crippen molar-refractivity contribution >= 4 is 17.4 Å². The van der Waals surface area contributed by atoms with Crippen LogP contribution in [0.5, 0.6) is 11.5 Å². The van der Waals surface area contributed by atoms with E-state index >= 15 is 0 Å². The SMILES string of the molecule is CCCCN1C(=O)C(=O)/C(=C(\O)c2ccc(OC)cc2OC)C1c1ccc(CC)cc1. The molecule has 1 saturated heterocycles. The van der Waals surface area contributed by atoms with Gasteiger partial charge in [-0.1, -0.05) is 44.5 Å². The number of amides is 1. The first kappa shape index (κ1) is 22.4. The average Bonchev–Trinajstić information content (AvgIpc) is 3.06. The molecule has 1 heterocycles. The van der Waals surface area contributed by atoms with Crippen molar-refractivity contribution in [1.29, 1.82) is 0 Å². The van der Waals surface area contributed by atoms with Gasteiger partial charge in [-0.2, -0.15) is 0 Å². The lowest BCUT2D eigenvalue weighted by molar-refractivity contribution is -0.139. The zero-order valence-corrected chi connectivity index (χ0v) is 18.5. The number of methoxy groups -OCH3 is 2. The first-order chi connectivity index (χ1) is 15.0. The number of hydrogen-bond acceptors (Lipinski definition) is 5. The lowest BCUT2D eigenvalue weighted by Crippen LogP contribution is -2.30. The zero-order chi connectivity index (χ0) is 22.5. The molecule has 31 heavy (non-hydrogen) atoms. The van der Waals surface area contributed by atoms with E-state index in [2.05, 4.69) is 6.92 Å². The topological polar surface area (TPSA) is 76.1 Å². The monoisotopic (exact) mass is 423 g/mol. The van der Waals surface area contributed by atoms with Crippen LogP contribution in [-0.2, 0) is 16.0 Å². The fourth-order valence-corrected chi connectivity index (χ4v) is 3.86. The summed E-state index contributed by atoms with van der Waals surface area (Å²) in [7, 11) is 3.01. The largest absolute Gasteiger partial charge is 0.507 e. The average molecular weight is 424 g/mol. The first-order valence-electron chi connectivity index (χ1n) is 10.6. The molecule has 164 valence electrons. The van der Waals surface area contributed by atoms with Crippen LogP contribution >= 0.6 is 0 Å². The van der Waals surface area contributed by atoms with Crippen LogP contribution in [0.15, 0.2) is 48.0 Å². The van der Waals surface area contributed by atoms with Gasteiger partial charge in [0.05, 0.1) is 31.4 Å². The maximum Gasteiger partial charge on any atom is 0.295 e. The van der Waals surface area contributed by atoms with Gasteiger partial charge >= 0.3 is 0 Å². The number of likely N-dealkylation sites (tertiary alicyclic amines) is 1. The van der Waals surface area contributed by atoms with Crippen molar-refractivity contribution in [3.05, 3.63) is 64.7 Å². The molecule has 1 unspecified atom stereocenters. The molecule has 0 aliphatic carbocycles. The molecular formula is C25H29NO5. The fourth-order valence-electron chi connectivity index (χ4n) is 3.86. The van der Waals surface area contributed by atoms with Crippen molar-refractivity contribution in [1.82, 2.24) is 4.90 Å². The van der Waals surface area contributed by atoms with Crippen molar-refractivity contribution < 1.29 is 24.2 Å². The highest BCUT2D eigenvalue weighted by atomic mass is 16.5. The van der Waals surface area contributed by atoms with Crippen molar-refractivity contribution in [3.63, 3.8) is 0 Å². The van der Waals surface area contributed by atoms with E-state index in [1.165, 1.54) is 14.2 Å². The zero-order valence-electron chi connectivity index (χ0n) is 18.5. The van der Waals surface area contributed by atoms with Crippen LogP contribution < -0.4 is 9.47 Å². The maximum absolute atomic E-state index is 13.0. The Morgan fingerprint density at radius 3 is 2.32 bits per heavy atom. The highest BCUT2D eigenvalue weighted by Gasteiger charge is 2.46. The van der Waals surface area contributed by atoms with E-state index < -0.39 is 17.7 Å². The third kappa shape index (κ3) is 4.29. The van der Waals surface area contributed by atoms with E-state index in [4.69, 9.17) is 9.47 Å². The van der Waals surface area contributed by atoms with Gasteiger partial charge in [-0.05, 0) is 36.1 Å². The lowest BCUT2D eigenvalue weighted by atomic mass is 9.94. The van der Waals surface area contributed by atoms with Crippen LogP contribution in [0.4, 0.5) is 0 Å². The van der Waals surface area contributed by atoms with E-state index in [0.717, 1.165) is 30.4 Å². The molecule has 1 fully saturated rings. The molecule has 2 aromatic carbocycles. The molecule has 3 rings (SSSR count). The molecule has 0 bridgehead atoms. The van der Waals surface area contributed by atoms with Crippen molar-refractivity contribution in [2.45, 2.75) is 39.2 Å². The van der Waals surface area contributed by atoms with Crippen molar-refractivity contribution in [3.8, 4) is 11.5 Å². The Kier molecular flexibility index (Phi) is 7.00. The van der Waals surface area contributed by atoms with Crippen LogP contribution in [0.1, 0.15) is 49.4 Å². The summed E-state index contributed by atoms with van der Waals surface area (Å²) in [6.07, 6.45) is 2.54. The summed E-state index contributed by atoms with van der Waals surface area (Å²) in [6, 6.07) is 12.1. The Labute approximate surface area is 183 Å². The van der Waals surface area contributed by atoms with Gasteiger partial charge in [0.2, 0.25) is 0 Å². The Balaban J connectivity index is 2.18. The van der Waals surface area contributed by atoms with Gasteiger partial charge in [0.1, 0.15) is 17.3 Å². The molecule has 1 aliphatic rings. The number of Topliss-reactive ketones (excluding diaryl/α,β-unsaturated/α-hetero) is 1. The number of ketones is 1. The number of ether oxygens (including phenoxy) is 2. The summed E-state index contributed by atoms with van der Waals surface area (Å²) in [4.78, 5) is 27.5. The number of unbranched alkanes of at least 4 members (excludes halogenated alkanes) is 1. The minimum Gasteiger partial charge on any atom is -0.507 e. The highest BCUT2D eigenvalue weighted by Crippen LogP contribution is 2.41. The van der Waals surface area contributed by atoms with Gasteiger partial charge in [0, 0.05) is 12.6 Å². The van der Waals surface area contributed by atoms with Crippen LogP contribution in [0.25, 0.3) is 5.76 Å². The number of aryl methyl sites for hydroxylation is 1. The van der Waals surface area contributed by atoms with E-state index in [9.17, 15) is 14.7 Å². The van der Waals surface area contributed by atoms with Gasteiger partial charge in [0.25, 0.3) is 11.7 Å². The molecule has 0 spiro atoms. The number of carbonyl (C=O) groups excluding carboxylic acids is 2. The van der Waals surface area contributed by atoms with Gasteiger partial charge in [-0.15, -0.1) is 0 Å². The van der Waals surface area contributed by atoms with E-state index in [1.54, 1.807) is 23.1 Å². The normalized spacial score (nSPS) is 17.8. The summed E-state index contributed by atoms with van der Waals surface area (Å²) in [5.41, 5.74) is 2.37. The standard InChI is InChI=1S/C25H29NO5/c1-5-7-14-26-22(17-10-8-16(6-2)9-11-17)21(24(28)25(26)29)23(27)19-13-12-18(30-3)15-20(19)31-4/h8-13,15,22,27H,5-7,14H2,1-4H3/b23-21-. The third-order valence-electron chi connectivity index (χ3n) is 5.66. The number of hydrogen-bond donors (Lipinski definition) is 1. The summed E-state index contributed by atoms with van der Waals surface area (Å²) in [5.74, 6) is -0.607. The quantitative estimate of drug-likeness (QED) is 0.385. The fraction of sp³-hybridized carbons (Fsp3) is 0.360. The summed E-state index contributed by atoms with van der Waals surface area (Å²) >= 11 is 0. The molecular weight excluding hydrogens is 394 g/mol. The highest BCUT2D eigenvalue weighted by molar-refractivity contribution is 6.46. The molecule has 6 heteroatoms. The van der Waals surface area contributed by atoms with Crippen molar-refractivity contribution in [2.75, 3.05) is 20.8 Å². The molecule has 6 nitrogen and oxygen atoms in total. The molecule has 0 radical (unpaired) electrons. The Bertz CT molecular complexity index is 993. The minimum atomic E-state index is -0.684. The van der Waals surface area contributed by atoms with Gasteiger partial charge in [-0.25, -0.2) is 0 Å². The second-order valence-electron chi connectivity index (χ2n) is 7.51. The Morgan fingerprint density at radius 1 is 1.03 bits per heavy atom. The molecule has 1 atom stereocenters. The third-order valence-corrected chi connectivity index (χ3v) is 5.66. The van der Waals surface area contributed by atoms with Crippen molar-refractivity contribution in [2.24, 2.45) is 0 Å². The Morgan fingerprint density at radius 2 is 1.74 bits per heavy atom. The van der Waals surface area contributed by atoms with E-state index in [1.807, 2.05) is 31.2 Å². The number of aliphatic hydroxyl groups is 1. The predicted molar refractivity (Wildman–Crippen MR) is 119 cm³/mol. The molecule has 0 aromatic heterocycles. The smallest absolute Gasteiger partial charge is 0.295 e. The van der Waals surface area contributed by atoms with E-state index in [0.29, 0.717) is 23.6 Å². The maximum atomic E-state index is 13.0. The summed E-state index contributed by atoms with van der Waals surface area (Å²) in [6.45, 7) is 4.54. The number of nitrogens with zero attached hydrogens (tertiary/aromatic N) is 1. The van der Waals surface area contributed by atoms with Gasteiger partial charge < -0.3 is 19.5 Å². The first-order valence-corrected chi connectivity index (χ1v) is 10.6. The van der Waals surface area contributed by atoms with Crippen LogP contribution in [0, 0.1) is 0 Å². The number of carbonyl (C=O) groups is 2. The number of aliphatic hydroxyl groups excluding tert-OH is 1. The molecule has 1 amide bonds. The molecule has 1 aliphatic heterocycles. The van der Waals surface area contributed by atoms with E-state index in [-0.39, 0.29) is 11.3 Å². The number of benzene rings is 2. The van der Waals surface area contributed by atoms with Crippen LogP contribution in [0.3, 0.4) is 0 Å². The Hall–Kier alpha value is -3.28. The summed E-state index contributed by atoms with van der Waals surface area (Å²) in [5, 5.41) is 11.2. The summed E-state index contributed by atoms with van der Waals surface area (Å²) < 4.78 is 10.6. The second-order valence-corrected chi connectivity index (χ2v) is 7.51. The van der Waals surface area contributed by atoms with Gasteiger partial charge in [0.15, 0.2) is 0 Å². The predicted octanol–water partition coefficient (Wildman–Crippen LogP) is 4.49. The van der Waals surface area contributed by atoms with Crippen LogP contribution in [0.2, 0.25) is 0 Å². The van der Waals surface area contributed by atoms with Crippen LogP contribution in [-0.4, -0.2) is 42.5 Å². The minimum absolute atomic E-state index is 0.0776. The molecule has 2 aromatic rings. The lowest BCUT2D eigenvalue weighted by Gasteiger charge is -2.25. The molecule has 1 N–H and O–H groups in total. The second kappa shape index (κ2) is 9.69.